The molecule has 1 aliphatic rings. The number of halogens is 4. The van der Waals surface area contributed by atoms with Crippen molar-refractivity contribution in [3.8, 4) is 0 Å². The van der Waals surface area contributed by atoms with E-state index in [-0.39, 0.29) is 17.1 Å². The van der Waals surface area contributed by atoms with Gasteiger partial charge in [-0.2, -0.15) is 0 Å². The van der Waals surface area contributed by atoms with Crippen LogP contribution in [0.2, 0.25) is 0 Å². The molecule has 0 N–H and O–H groups in total. The Balaban J connectivity index is -0.000000157. The summed E-state index contributed by atoms with van der Waals surface area (Å²) in [5, 5.41) is 0. The van der Waals surface area contributed by atoms with E-state index in [4.69, 9.17) is 14.0 Å². The Kier molecular flexibility index (Phi) is 28.7. The van der Waals surface area contributed by atoms with Crippen LogP contribution in [0.25, 0.3) is 0 Å². The van der Waals surface area contributed by atoms with E-state index >= 15 is 0 Å². The Morgan fingerprint density at radius 2 is 1.08 bits per heavy atom. The van der Waals surface area contributed by atoms with Crippen molar-refractivity contribution in [2.75, 3.05) is 0 Å². The fraction of sp³-hybridized carbons (Fsp3) is 0.0625. The van der Waals surface area contributed by atoms with Crippen LogP contribution in [0.5, 0.6) is 0 Å². The van der Waals surface area contributed by atoms with Crippen molar-refractivity contribution in [1.82, 2.24) is 0 Å². The summed E-state index contributed by atoms with van der Waals surface area (Å²) in [5.74, 6) is 1.37. The zero-order chi connectivity index (χ0) is 19.4. The molecule has 9 heteroatoms. The van der Waals surface area contributed by atoms with E-state index in [0.29, 0.717) is 0 Å². The van der Waals surface area contributed by atoms with E-state index in [2.05, 4.69) is 82.4 Å². The number of rotatable bonds is 2. The van der Waals surface area contributed by atoms with Crippen molar-refractivity contribution < 1.29 is 48.3 Å². The van der Waals surface area contributed by atoms with Gasteiger partial charge >= 0.3 is 41.2 Å². The van der Waals surface area contributed by atoms with Crippen LogP contribution in [0.1, 0.15) is 5.56 Å². The zero-order valence-electron chi connectivity index (χ0n) is 12.7. The quantitative estimate of drug-likeness (QED) is 0.315. The molecule has 1 aromatic carbocycles. The molecule has 0 amide bonds. The first-order valence-corrected chi connectivity index (χ1v) is 6.01. The summed E-state index contributed by atoms with van der Waals surface area (Å²) in [7, 11) is -6.00. The molecular weight excluding hydrogens is 382 g/mol. The molecule has 25 heavy (non-hydrogen) atoms. The third-order valence-electron chi connectivity index (χ3n) is 2.09. The van der Waals surface area contributed by atoms with Gasteiger partial charge in [-0.05, 0) is 50.0 Å². The van der Waals surface area contributed by atoms with Gasteiger partial charge in [-0.15, -0.1) is 0 Å². The second-order valence-corrected chi connectivity index (χ2v) is 3.64. The van der Waals surface area contributed by atoms with Gasteiger partial charge in [0, 0.05) is 17.1 Å². The number of hydrogen-bond acceptors (Lipinski definition) is 0. The molecule has 1 saturated carbocycles. The molecule has 2 rings (SSSR count). The number of benzene rings is 1. The number of hydrogen-bond donors (Lipinski definition) is 0. The molecule has 7 radical (unpaired) electrons. The van der Waals surface area contributed by atoms with E-state index in [0.717, 1.165) is 6.42 Å². The van der Waals surface area contributed by atoms with Gasteiger partial charge in [-0.1, -0.05) is 30.3 Å². The minimum atomic E-state index is -6.00. The molecule has 1 aliphatic carbocycles. The topological polar surface area (TPSA) is 59.7 Å². The van der Waals surface area contributed by atoms with Crippen LogP contribution in [0, 0.1) is 58.0 Å². The van der Waals surface area contributed by atoms with Crippen molar-refractivity contribution in [2.45, 2.75) is 6.42 Å². The summed E-state index contributed by atoms with van der Waals surface area (Å²) < 4.78 is 61.5. The van der Waals surface area contributed by atoms with E-state index in [9.17, 15) is 17.3 Å². The standard InChI is InChI=1S/C13H12.3CO.BF4.Mn/c1-3-7-12(8-4-1)11-13-9-5-2-6-10-13;3*1-2;2-1(3,4)5;/h1-10H,11H2;;;;;/q;;;;-1;. The molecule has 0 unspecified atom stereocenters. The Morgan fingerprint density at radius 3 is 1.44 bits per heavy atom. The van der Waals surface area contributed by atoms with Crippen LogP contribution >= 0.6 is 0 Å². The van der Waals surface area contributed by atoms with Gasteiger partial charge in [-0.25, -0.2) is 0 Å². The minimum absolute atomic E-state index is 0. The normalized spacial score (nSPS) is 12.4. The molecule has 0 bridgehead atoms. The predicted molar refractivity (Wildman–Crippen MR) is 76.9 cm³/mol. The average molecular weight is 394 g/mol. The SMILES string of the molecule is F[B-](F)(F)F.[C-]#[O+].[C-]#[O+].[C-]#[O+].[CH]1[CH][CH][C](Cc2ccccc2)[CH][CH]1.[Mn]. The summed E-state index contributed by atoms with van der Waals surface area (Å²) in [5.41, 5.74) is 1.37. The second kappa shape index (κ2) is 22.7. The molecule has 0 heterocycles. The predicted octanol–water partition coefficient (Wildman–Crippen LogP) is 4.02. The molecule has 0 spiro atoms. The zero-order valence-corrected chi connectivity index (χ0v) is 13.9. The van der Waals surface area contributed by atoms with Crippen molar-refractivity contribution in [2.24, 2.45) is 0 Å². The van der Waals surface area contributed by atoms with Crippen molar-refractivity contribution >= 4 is 7.25 Å². The fourth-order valence-electron chi connectivity index (χ4n) is 1.43. The Labute approximate surface area is 156 Å². The average Bonchev–Trinajstić information content (AvgIpc) is 2.61. The first-order chi connectivity index (χ1) is 11.4. The Morgan fingerprint density at radius 1 is 0.720 bits per heavy atom. The van der Waals surface area contributed by atoms with Gasteiger partial charge in [0.15, 0.2) is 0 Å². The van der Waals surface area contributed by atoms with Crippen LogP contribution in [0.15, 0.2) is 30.3 Å². The van der Waals surface area contributed by atoms with Crippen molar-refractivity contribution in [3.63, 3.8) is 0 Å². The molecule has 0 atom stereocenters. The summed E-state index contributed by atoms with van der Waals surface area (Å²) in [4.78, 5) is 0. The first kappa shape index (κ1) is 31.5. The van der Waals surface area contributed by atoms with Gasteiger partial charge in [0.2, 0.25) is 0 Å². The molecule has 1 fully saturated rings. The maximum Gasteiger partial charge on any atom is 0 e. The Hall–Kier alpha value is -1.26. The summed E-state index contributed by atoms with van der Waals surface area (Å²) in [6.45, 7) is 13.5. The molecule has 0 saturated heterocycles. The molecule has 3 nitrogen and oxygen atoms in total. The van der Waals surface area contributed by atoms with Crippen LogP contribution in [-0.2, 0) is 37.4 Å². The maximum absolute atomic E-state index is 9.75. The molecule has 0 aliphatic heterocycles. The fourth-order valence-corrected chi connectivity index (χ4v) is 1.43. The summed E-state index contributed by atoms with van der Waals surface area (Å²) >= 11 is 0. The molecular formula is C16H12BF4MnO3-. The van der Waals surface area contributed by atoms with Crippen molar-refractivity contribution in [1.29, 1.82) is 0 Å². The van der Waals surface area contributed by atoms with Crippen LogP contribution in [0.4, 0.5) is 17.3 Å². The minimum Gasteiger partial charge on any atom is -0.0622 e. The van der Waals surface area contributed by atoms with Crippen LogP contribution in [0.3, 0.4) is 0 Å². The summed E-state index contributed by atoms with van der Waals surface area (Å²) in [6, 6.07) is 10.5. The molecule has 1 aromatic rings. The molecule has 133 valence electrons. The van der Waals surface area contributed by atoms with Gasteiger partial charge in [0.1, 0.15) is 0 Å². The van der Waals surface area contributed by atoms with E-state index in [1.807, 2.05) is 0 Å². The third kappa shape index (κ3) is 27.9. The van der Waals surface area contributed by atoms with Crippen LogP contribution < -0.4 is 0 Å². The summed E-state index contributed by atoms with van der Waals surface area (Å²) in [6.07, 6.45) is 11.6. The van der Waals surface area contributed by atoms with Gasteiger partial charge in [-0.3, -0.25) is 0 Å². The maximum atomic E-state index is 9.75. The Bertz CT molecular complexity index is 424. The largest absolute Gasteiger partial charge is 0.0622 e. The van der Waals surface area contributed by atoms with Gasteiger partial charge < -0.3 is 17.3 Å². The first-order valence-electron chi connectivity index (χ1n) is 6.01. The van der Waals surface area contributed by atoms with E-state index in [1.165, 1.54) is 11.5 Å². The van der Waals surface area contributed by atoms with Crippen LogP contribution in [-0.4, -0.2) is 7.25 Å². The van der Waals surface area contributed by atoms with E-state index in [1.54, 1.807) is 0 Å². The van der Waals surface area contributed by atoms with Crippen molar-refractivity contribution in [3.05, 3.63) is 93.9 Å². The third-order valence-corrected chi connectivity index (χ3v) is 2.09. The monoisotopic (exact) mass is 394 g/mol. The van der Waals surface area contributed by atoms with E-state index < -0.39 is 7.25 Å². The van der Waals surface area contributed by atoms with Gasteiger partial charge in [0.05, 0.1) is 0 Å². The molecule has 0 aromatic heterocycles. The smallest absolute Gasteiger partial charge is 0 e. The van der Waals surface area contributed by atoms with Gasteiger partial charge in [0.25, 0.3) is 0 Å². The second-order valence-electron chi connectivity index (χ2n) is 3.64.